The van der Waals surface area contributed by atoms with Crippen LogP contribution in [0.2, 0.25) is 0 Å². The van der Waals surface area contributed by atoms with Gasteiger partial charge in [-0.05, 0) is 51.2 Å². The number of hydrogen-bond acceptors (Lipinski definition) is 2. The summed E-state index contributed by atoms with van der Waals surface area (Å²) in [6, 6.07) is 5.02. The Balaban J connectivity index is 1.44. The minimum absolute atomic E-state index is 0.00134. The molecule has 67 heavy (non-hydrogen) atoms. The van der Waals surface area contributed by atoms with Crippen LogP contribution in [0.3, 0.4) is 0 Å². The molecule has 10 aromatic rings. The maximum Gasteiger partial charge on any atom is 0.127 e. The SMILES string of the molecule is [B]c1c([B])c([B])c2c(oc3c([B])c([B])c(-c4cc(-c5c([B])c([B])c6oc7c([B])c([B])c([B])c([B])c7c6c5[B])cc(-n5c6c([B])c([B])c([B])c([B])c6c6c([B])c([B])c([B])c([B])c65)c4)c([B])c32)c1[B]. The third-order valence-electron chi connectivity index (χ3n) is 13.0. The minimum Gasteiger partial charge on any atom is -0.457 e. The van der Waals surface area contributed by atoms with Crippen LogP contribution in [-0.2, 0) is 0 Å². The molecule has 7 aromatic carbocycles. The second-order valence-corrected chi connectivity index (χ2v) is 16.4. The summed E-state index contributed by atoms with van der Waals surface area (Å²) in [5, 5.41) is 1.40. The lowest BCUT2D eigenvalue weighted by Gasteiger charge is -2.23. The molecule has 25 heteroatoms. The van der Waals surface area contributed by atoms with Gasteiger partial charge in [0.05, 0.1) is 0 Å². The molecule has 0 N–H and O–H groups in total. The Labute approximate surface area is 415 Å². The molecule has 0 saturated heterocycles. The Hall–Kier alpha value is -4.63. The van der Waals surface area contributed by atoms with E-state index in [1.807, 2.05) is 0 Å². The molecule has 0 bridgehead atoms. The monoisotopic (exact) mass is 795 g/mol. The van der Waals surface area contributed by atoms with Gasteiger partial charge in [0.2, 0.25) is 0 Å². The van der Waals surface area contributed by atoms with E-state index in [1.54, 1.807) is 22.8 Å². The van der Waals surface area contributed by atoms with Gasteiger partial charge in [-0.1, -0.05) is 76.5 Å². The van der Waals surface area contributed by atoms with E-state index in [0.29, 0.717) is 0 Å². The Morgan fingerprint density at radius 3 is 0.821 bits per heavy atom. The van der Waals surface area contributed by atoms with Crippen molar-refractivity contribution in [3.05, 3.63) is 18.2 Å². The Kier molecular flexibility index (Phi) is 10.6. The molecule has 0 saturated carbocycles. The molecule has 0 atom stereocenters. The van der Waals surface area contributed by atoms with E-state index in [0.717, 1.165) is 0 Å². The van der Waals surface area contributed by atoms with E-state index >= 15 is 0 Å². The van der Waals surface area contributed by atoms with Gasteiger partial charge in [-0.3, -0.25) is 0 Å². The zero-order valence-corrected chi connectivity index (χ0v) is 35.2. The van der Waals surface area contributed by atoms with Crippen molar-refractivity contribution >= 4 is 358 Å². The topological polar surface area (TPSA) is 31.2 Å². The first-order valence-corrected chi connectivity index (χ1v) is 19.8. The summed E-state index contributed by atoms with van der Waals surface area (Å²) in [5.74, 6) is 0. The fourth-order valence-electron chi connectivity index (χ4n) is 9.42. The Morgan fingerprint density at radius 1 is 0.239 bits per heavy atom. The fraction of sp³-hybridized carbons (Fsp3) is 0. The first kappa shape index (κ1) is 46.1. The van der Waals surface area contributed by atoms with Crippen LogP contribution in [0.1, 0.15) is 0 Å². The molecule has 0 aliphatic rings. The predicted octanol–water partition coefficient (Wildman–Crippen LogP) is -14.6. The lowest BCUT2D eigenvalue weighted by molar-refractivity contribution is 0.674. The highest BCUT2D eigenvalue weighted by Crippen LogP contribution is 2.35. The molecular weight excluding hydrogens is 788 g/mol. The molecule has 10 rings (SSSR count). The maximum atomic E-state index is 7.17. The van der Waals surface area contributed by atoms with Gasteiger partial charge in [-0.25, -0.2) is 0 Å². The number of furan rings is 2. The third kappa shape index (κ3) is 5.91. The van der Waals surface area contributed by atoms with Crippen LogP contribution in [0.15, 0.2) is 27.0 Å². The Bertz CT molecular complexity index is 3770. The molecule has 0 aliphatic heterocycles. The van der Waals surface area contributed by atoms with Crippen molar-refractivity contribution in [3.8, 4) is 27.9 Å². The molecule has 0 unspecified atom stereocenters. The highest BCUT2D eigenvalue weighted by molar-refractivity contribution is 6.74. The number of aromatic nitrogens is 1. The maximum absolute atomic E-state index is 7.17. The van der Waals surface area contributed by atoms with Crippen molar-refractivity contribution in [1.29, 1.82) is 0 Å². The normalized spacial score (nSPS) is 12.0. The lowest BCUT2D eigenvalue weighted by atomic mass is 9.63. The van der Waals surface area contributed by atoms with Gasteiger partial charge < -0.3 is 13.4 Å². The molecule has 0 fully saturated rings. The van der Waals surface area contributed by atoms with Crippen LogP contribution in [-0.4, -0.2) is 177 Å². The summed E-state index contributed by atoms with van der Waals surface area (Å²) in [7, 11) is 146. The van der Waals surface area contributed by atoms with Crippen LogP contribution in [0.4, 0.5) is 0 Å². The van der Waals surface area contributed by atoms with Crippen molar-refractivity contribution in [2.75, 3.05) is 0 Å². The highest BCUT2D eigenvalue weighted by Gasteiger charge is 2.28. The third-order valence-corrected chi connectivity index (χ3v) is 13.0. The first-order valence-electron chi connectivity index (χ1n) is 19.8. The largest absolute Gasteiger partial charge is 0.457 e. The molecule has 254 valence electrons. The van der Waals surface area contributed by atoms with Crippen molar-refractivity contribution in [1.82, 2.24) is 4.57 Å². The van der Waals surface area contributed by atoms with Gasteiger partial charge in [-0.15, -0.1) is 43.7 Å². The van der Waals surface area contributed by atoms with Gasteiger partial charge in [0.25, 0.3) is 0 Å². The lowest BCUT2D eigenvalue weighted by Crippen LogP contribution is -2.49. The number of benzene rings is 7. The zero-order valence-electron chi connectivity index (χ0n) is 35.2. The van der Waals surface area contributed by atoms with Crippen molar-refractivity contribution in [2.24, 2.45) is 0 Å². The number of hydrogen-bond donors (Lipinski definition) is 0. The van der Waals surface area contributed by atoms with Gasteiger partial charge >= 0.3 is 0 Å². The summed E-state index contributed by atoms with van der Waals surface area (Å²) in [4.78, 5) is 0. The molecular formula is C42H3B22NO2. The van der Waals surface area contributed by atoms with Gasteiger partial charge in [-0.2, -0.15) is 0 Å². The van der Waals surface area contributed by atoms with Crippen LogP contribution >= 0.6 is 0 Å². The van der Waals surface area contributed by atoms with Crippen molar-refractivity contribution in [3.63, 3.8) is 0 Å². The summed E-state index contributed by atoms with van der Waals surface area (Å²) >= 11 is 0. The predicted molar refractivity (Wildman–Crippen MR) is 305 cm³/mol. The minimum atomic E-state index is -0.0471. The number of fused-ring (bicyclic) bond motifs is 9. The molecule has 0 spiro atoms. The van der Waals surface area contributed by atoms with Crippen LogP contribution < -0.4 is 120 Å². The van der Waals surface area contributed by atoms with E-state index in [2.05, 4.69) is 0 Å². The van der Waals surface area contributed by atoms with Gasteiger partial charge in [0.15, 0.2) is 0 Å². The van der Waals surface area contributed by atoms with E-state index in [-0.39, 0.29) is 214 Å². The van der Waals surface area contributed by atoms with Crippen molar-refractivity contribution in [2.45, 2.75) is 0 Å². The first-order chi connectivity index (χ1) is 31.5. The fourth-order valence-corrected chi connectivity index (χ4v) is 9.42. The Morgan fingerprint density at radius 2 is 0.493 bits per heavy atom. The van der Waals surface area contributed by atoms with E-state index in [1.165, 1.54) is 0 Å². The molecule has 44 radical (unpaired) electrons. The second-order valence-electron chi connectivity index (χ2n) is 16.4. The number of nitrogens with zero attached hydrogens (tertiary/aromatic N) is 1. The summed E-state index contributed by atoms with van der Waals surface area (Å²) in [6.45, 7) is 0. The smallest absolute Gasteiger partial charge is 0.127 e. The average molecular weight is 791 g/mol. The van der Waals surface area contributed by atoms with Crippen molar-refractivity contribution < 1.29 is 8.83 Å². The molecule has 0 aliphatic carbocycles. The summed E-state index contributed by atoms with van der Waals surface area (Å²) in [5.41, 5.74) is 1.54. The second kappa shape index (κ2) is 15.4. The molecule has 3 nitrogen and oxygen atoms in total. The van der Waals surface area contributed by atoms with Crippen LogP contribution in [0.5, 0.6) is 0 Å². The quantitative estimate of drug-likeness (QED) is 0.167. The molecule has 3 aromatic heterocycles. The average Bonchev–Trinajstić information content (AvgIpc) is 4.02. The van der Waals surface area contributed by atoms with Crippen LogP contribution in [0.25, 0.3) is 93.6 Å². The summed E-state index contributed by atoms with van der Waals surface area (Å²) in [6.07, 6.45) is 0. The van der Waals surface area contributed by atoms with E-state index < -0.39 is 0 Å². The summed E-state index contributed by atoms with van der Waals surface area (Å²) < 4.78 is 14.0. The highest BCUT2D eigenvalue weighted by atomic mass is 16.3. The molecule has 3 heterocycles. The van der Waals surface area contributed by atoms with Gasteiger partial charge in [0.1, 0.15) is 195 Å². The van der Waals surface area contributed by atoms with E-state index in [9.17, 15) is 0 Å². The molecule has 0 amide bonds. The zero-order chi connectivity index (χ0) is 48.6. The van der Waals surface area contributed by atoms with Crippen LogP contribution in [0, 0.1) is 0 Å². The standard InChI is InChI=1S/C42H3B22NO2/c43-15-7(17(45)33(61)39-11(15)13-21(49)25(53)29(57)35(63)41(13)66-39)4-1-5(8-16(44)12-14-22(50)26(54)30(58)36(64)42(14)67-40(12)34(62)18(8)46)3-6(2-4)65-37-9(19(47)23(51)27(55)31(37)59)10-20(48)24(52)28(56)32(60)38(10)65/h1-3H. The van der Waals surface area contributed by atoms with E-state index in [4.69, 9.17) is 181 Å². The van der Waals surface area contributed by atoms with Gasteiger partial charge in [0, 0.05) is 38.3 Å². The number of rotatable bonds is 3.